The smallest absolute Gasteiger partial charge is 0.329 e. The molecule has 1 saturated carbocycles. The number of nitrogens with one attached hydrogen (secondary N) is 3. The molecule has 0 aromatic heterocycles. The van der Waals surface area contributed by atoms with Gasteiger partial charge in [0.2, 0.25) is 0 Å². The quantitative estimate of drug-likeness (QED) is 0.156. The van der Waals surface area contributed by atoms with Gasteiger partial charge >= 0.3 is 11.8 Å². The summed E-state index contributed by atoms with van der Waals surface area (Å²) in [5.41, 5.74) is 3.76. The molecule has 0 aliphatic heterocycles. The molecule has 1 fully saturated rings. The number of nitrogens with zero attached hydrogens (tertiary/aromatic N) is 1. The molecule has 0 spiro atoms. The summed E-state index contributed by atoms with van der Waals surface area (Å²) < 4.78 is 0. The first-order chi connectivity index (χ1) is 18.1. The van der Waals surface area contributed by atoms with Crippen molar-refractivity contribution in [1.29, 1.82) is 0 Å². The third-order valence-corrected chi connectivity index (χ3v) is 6.74. The van der Waals surface area contributed by atoms with Crippen molar-refractivity contribution in [3.05, 3.63) is 90.0 Å². The van der Waals surface area contributed by atoms with Crippen molar-refractivity contribution >= 4 is 51.2 Å². The Morgan fingerprint density at radius 3 is 2.08 bits per heavy atom. The average molecular weight is 493 g/mol. The highest BCUT2D eigenvalue weighted by Gasteiger charge is 2.21. The van der Waals surface area contributed by atoms with Crippen molar-refractivity contribution in [2.45, 2.75) is 38.1 Å². The second kappa shape index (κ2) is 11.0. The second-order valence-corrected chi connectivity index (χ2v) is 9.24. The molecule has 7 heteroatoms. The van der Waals surface area contributed by atoms with Crippen LogP contribution < -0.4 is 16.1 Å². The highest BCUT2D eigenvalue weighted by atomic mass is 16.2. The summed E-state index contributed by atoms with van der Waals surface area (Å²) in [5, 5.41) is 13.7. The van der Waals surface area contributed by atoms with E-state index in [-0.39, 0.29) is 17.6 Å². The van der Waals surface area contributed by atoms with Gasteiger partial charge in [-0.25, -0.2) is 5.43 Å². The largest absolute Gasteiger partial charge is 0.349 e. The lowest BCUT2D eigenvalue weighted by Crippen LogP contribution is -2.37. The number of anilines is 1. The predicted octanol–water partition coefficient (Wildman–Crippen LogP) is 5.14. The van der Waals surface area contributed by atoms with Crippen LogP contribution >= 0.6 is 0 Å². The first kappa shape index (κ1) is 24.2. The minimum Gasteiger partial charge on any atom is -0.349 e. The van der Waals surface area contributed by atoms with Gasteiger partial charge in [-0.1, -0.05) is 79.9 Å². The summed E-state index contributed by atoms with van der Waals surface area (Å²) in [6, 6.07) is 24.8. The molecule has 1 aliphatic carbocycles. The van der Waals surface area contributed by atoms with Crippen molar-refractivity contribution in [2.24, 2.45) is 5.10 Å². The molecule has 4 aromatic carbocycles. The van der Waals surface area contributed by atoms with Crippen LogP contribution in [0, 0.1) is 0 Å². The van der Waals surface area contributed by atoms with E-state index in [0.29, 0.717) is 5.56 Å². The maximum atomic E-state index is 12.8. The van der Waals surface area contributed by atoms with Crippen LogP contribution in [0.5, 0.6) is 0 Å². The standard InChI is InChI=1S/C30H28N4O3/c35-28(32-22-12-2-1-3-13-22)25-16-8-9-17-27(25)33-29(36)30(37)34-31-19-26-23-14-6-4-10-20(23)18-21-11-5-7-15-24(21)26/h4-11,14-19,22H,1-3,12-13H2,(H,32,35)(H,33,36)(H,34,37). The van der Waals surface area contributed by atoms with Crippen molar-refractivity contribution in [3.63, 3.8) is 0 Å². The first-order valence-electron chi connectivity index (χ1n) is 12.5. The first-order valence-corrected chi connectivity index (χ1v) is 12.5. The Kier molecular flexibility index (Phi) is 7.21. The number of carbonyl (C=O) groups excluding carboxylic acids is 3. The van der Waals surface area contributed by atoms with Crippen LogP contribution in [-0.4, -0.2) is 30.0 Å². The predicted molar refractivity (Wildman–Crippen MR) is 147 cm³/mol. The zero-order valence-corrected chi connectivity index (χ0v) is 20.4. The molecule has 0 unspecified atom stereocenters. The van der Waals surface area contributed by atoms with Crippen LogP contribution in [0.25, 0.3) is 21.5 Å². The summed E-state index contributed by atoms with van der Waals surface area (Å²) in [6.45, 7) is 0. The summed E-state index contributed by atoms with van der Waals surface area (Å²) in [4.78, 5) is 38.0. The maximum absolute atomic E-state index is 12.8. The molecule has 0 atom stereocenters. The van der Waals surface area contributed by atoms with Gasteiger partial charge in [-0.2, -0.15) is 5.10 Å². The minimum absolute atomic E-state index is 0.132. The summed E-state index contributed by atoms with van der Waals surface area (Å²) in [7, 11) is 0. The topological polar surface area (TPSA) is 99.7 Å². The Hall–Kier alpha value is -4.52. The van der Waals surface area contributed by atoms with E-state index in [0.717, 1.165) is 52.8 Å². The molecule has 0 heterocycles. The van der Waals surface area contributed by atoms with E-state index in [2.05, 4.69) is 27.2 Å². The molecule has 0 radical (unpaired) electrons. The van der Waals surface area contributed by atoms with Gasteiger partial charge in [-0.3, -0.25) is 14.4 Å². The summed E-state index contributed by atoms with van der Waals surface area (Å²) in [5.74, 6) is -2.09. The van der Waals surface area contributed by atoms with E-state index in [1.54, 1.807) is 30.5 Å². The fourth-order valence-corrected chi connectivity index (χ4v) is 4.87. The minimum atomic E-state index is -0.928. The van der Waals surface area contributed by atoms with Gasteiger partial charge in [0.05, 0.1) is 17.5 Å². The number of hydrogen-bond donors (Lipinski definition) is 3. The van der Waals surface area contributed by atoms with Gasteiger partial charge in [-0.15, -0.1) is 0 Å². The highest BCUT2D eigenvalue weighted by molar-refractivity contribution is 6.40. The van der Waals surface area contributed by atoms with Gasteiger partial charge in [0.25, 0.3) is 5.91 Å². The SMILES string of the molecule is O=C(NN=Cc1c2ccccc2cc2ccccc12)C(=O)Nc1ccccc1C(=O)NC1CCCCC1. The van der Waals surface area contributed by atoms with E-state index in [9.17, 15) is 14.4 Å². The van der Waals surface area contributed by atoms with Crippen molar-refractivity contribution < 1.29 is 14.4 Å². The fourth-order valence-electron chi connectivity index (χ4n) is 4.87. The lowest BCUT2D eigenvalue weighted by molar-refractivity contribution is -0.136. The van der Waals surface area contributed by atoms with E-state index in [1.807, 2.05) is 48.5 Å². The van der Waals surface area contributed by atoms with Crippen molar-refractivity contribution in [2.75, 3.05) is 5.32 Å². The Balaban J connectivity index is 1.29. The highest BCUT2D eigenvalue weighted by Crippen LogP contribution is 2.27. The van der Waals surface area contributed by atoms with Crippen LogP contribution in [0.15, 0.2) is 84.0 Å². The average Bonchev–Trinajstić information content (AvgIpc) is 2.93. The third kappa shape index (κ3) is 5.51. The number of benzene rings is 4. The molecule has 1 aliphatic rings. The molecule has 4 aromatic rings. The van der Waals surface area contributed by atoms with E-state index < -0.39 is 11.8 Å². The monoisotopic (exact) mass is 492 g/mol. The van der Waals surface area contributed by atoms with Crippen LogP contribution in [0.2, 0.25) is 0 Å². The number of fused-ring (bicyclic) bond motifs is 2. The number of amides is 3. The van der Waals surface area contributed by atoms with Gasteiger partial charge in [0, 0.05) is 11.6 Å². The van der Waals surface area contributed by atoms with Gasteiger partial charge in [0.1, 0.15) is 0 Å². The van der Waals surface area contributed by atoms with E-state index in [4.69, 9.17) is 0 Å². The van der Waals surface area contributed by atoms with Gasteiger partial charge in [0.15, 0.2) is 0 Å². The lowest BCUT2D eigenvalue weighted by atomic mass is 9.95. The second-order valence-electron chi connectivity index (χ2n) is 9.24. The summed E-state index contributed by atoms with van der Waals surface area (Å²) in [6.07, 6.45) is 6.84. The fraction of sp³-hybridized carbons (Fsp3) is 0.200. The van der Waals surface area contributed by atoms with E-state index >= 15 is 0 Å². The normalized spacial score (nSPS) is 14.1. The number of hydrazone groups is 1. The molecule has 0 saturated heterocycles. The molecule has 186 valence electrons. The Morgan fingerprint density at radius 2 is 1.38 bits per heavy atom. The Morgan fingerprint density at radius 1 is 0.757 bits per heavy atom. The molecule has 5 rings (SSSR count). The molecular formula is C30H28N4O3. The number of hydrogen-bond acceptors (Lipinski definition) is 4. The number of para-hydroxylation sites is 1. The molecule has 0 bridgehead atoms. The van der Waals surface area contributed by atoms with Crippen LogP contribution in [0.1, 0.15) is 48.0 Å². The summed E-state index contributed by atoms with van der Waals surface area (Å²) >= 11 is 0. The zero-order chi connectivity index (χ0) is 25.6. The molecular weight excluding hydrogens is 464 g/mol. The zero-order valence-electron chi connectivity index (χ0n) is 20.4. The number of rotatable bonds is 5. The van der Waals surface area contributed by atoms with Gasteiger partial charge < -0.3 is 10.6 Å². The molecule has 37 heavy (non-hydrogen) atoms. The van der Waals surface area contributed by atoms with Crippen LogP contribution in [0.4, 0.5) is 5.69 Å². The maximum Gasteiger partial charge on any atom is 0.329 e. The van der Waals surface area contributed by atoms with Gasteiger partial charge in [-0.05, 0) is 52.6 Å². The van der Waals surface area contributed by atoms with Crippen LogP contribution in [-0.2, 0) is 9.59 Å². The Labute approximate surface area is 214 Å². The van der Waals surface area contributed by atoms with Crippen molar-refractivity contribution in [3.8, 4) is 0 Å². The molecule has 3 amide bonds. The van der Waals surface area contributed by atoms with Crippen molar-refractivity contribution in [1.82, 2.24) is 10.7 Å². The lowest BCUT2D eigenvalue weighted by Gasteiger charge is -2.23. The molecule has 3 N–H and O–H groups in total. The Bertz CT molecular complexity index is 1450. The van der Waals surface area contributed by atoms with E-state index in [1.165, 1.54) is 6.42 Å². The molecule has 7 nitrogen and oxygen atoms in total. The third-order valence-electron chi connectivity index (χ3n) is 6.74. The number of carbonyl (C=O) groups is 3. The van der Waals surface area contributed by atoms with Crippen LogP contribution in [0.3, 0.4) is 0 Å².